The SMILES string of the molecule is CC[C@@H]1[C@@H]2CN(C(=O)[C@H](C3(C)CCCCC3)CC(=O)O[C@@H]3CCC[C@H]3CCCCC(F)(F)c3nc4ccc(OC)cc4nc3O2)[C@@H]1[C-]=O.CC[C@@H]1[C@@H]2CN(C(=O)[C@H](C3(C)CCCCC3)CC(=O)O[C@@H]3C[C@H]3CCCCC(F)(F)c3nc4ccc(OC)cc4nc3O2)[C@@H]1[C-]=O.[V].[V]. The van der Waals surface area contributed by atoms with Gasteiger partial charge in [-0.3, -0.25) is 19.2 Å². The van der Waals surface area contributed by atoms with Crippen LogP contribution in [0.2, 0.25) is 0 Å². The van der Waals surface area contributed by atoms with Crippen LogP contribution in [-0.4, -0.2) is 130 Å². The number of fused-ring (bicyclic) bond motifs is 10. The van der Waals surface area contributed by atoms with Crippen molar-refractivity contribution in [2.75, 3.05) is 27.3 Å². The van der Waals surface area contributed by atoms with E-state index in [0.717, 1.165) is 83.5 Å². The molecule has 6 fully saturated rings. The topological polar surface area (TPSA) is 216 Å². The fourth-order valence-corrected chi connectivity index (χ4v) is 16.7. The van der Waals surface area contributed by atoms with Gasteiger partial charge in [0.05, 0.1) is 74.1 Å². The number of carbonyl (C=O) groups is 4. The van der Waals surface area contributed by atoms with Crippen molar-refractivity contribution in [3.63, 3.8) is 0 Å². The molecule has 4 aliphatic heterocycles. The predicted octanol–water partition coefficient (Wildman–Crippen LogP) is 13.4. The average Bonchev–Trinajstić information content (AvgIpc) is 1.30. The Kier molecular flexibility index (Phi) is 24.7. The van der Waals surface area contributed by atoms with Crippen LogP contribution in [0.15, 0.2) is 36.4 Å². The second-order valence-corrected chi connectivity index (χ2v) is 28.6. The van der Waals surface area contributed by atoms with E-state index >= 15 is 17.6 Å². The summed E-state index contributed by atoms with van der Waals surface area (Å²) in [5.74, 6) is -9.96. The minimum atomic E-state index is -3.35. The van der Waals surface area contributed by atoms with Crippen LogP contribution in [0.4, 0.5) is 17.6 Å². The molecule has 0 unspecified atom stereocenters. The monoisotopic (exact) mass is 1410 g/mol. The van der Waals surface area contributed by atoms with Crippen molar-refractivity contribution < 1.29 is 112 Å². The number of alkyl halides is 4. The van der Waals surface area contributed by atoms with Gasteiger partial charge in [-0.05, 0) is 136 Å². The second-order valence-electron chi connectivity index (χ2n) is 28.6. The summed E-state index contributed by atoms with van der Waals surface area (Å²) in [5.41, 5.74) is -0.757. The maximum atomic E-state index is 16.1. The standard InChI is InChI=1S/C37H48F2N3O6.C35H44F2N3O6.2V/c1-4-25-29(22-43)42-21-31(25)48-34-33(40-27-15-14-24(46-3)19-28(27)41-34)37(38,39)18-9-6-11-23-12-10-13-30(23)47-32(44)20-26(35(42)45)36(2)16-7-5-8-17-36;1-4-23-27(20-41)40-19-29(23)46-32-31(38-25-12-11-22(44-3)17-26(25)39-32)35(36,37)15-9-6-10-21-16-28(21)45-30(42)18-24(33(40)43)34(2)13-7-5-8-14-34;;/h14-15,19,23,25-26,29-31H,4-13,16-18,20-21H2,1-3H3;11-12,17,21,23-24,27-29H,4-10,13-16,18-19H2,1-3H3;;/q2*-1;;/t23-,25+,26-,29-,30-,31+;21-,23+,24-,27-,28-,29+;;/m11../s1. The third kappa shape index (κ3) is 16.2. The molecule has 0 N–H and O–H groups in total. The van der Waals surface area contributed by atoms with Gasteiger partial charge in [-0.15, -0.1) is 0 Å². The maximum absolute atomic E-state index is 16.1. The van der Waals surface area contributed by atoms with Crippen molar-refractivity contribution in [2.24, 2.45) is 46.3 Å². The Hall–Kier alpha value is -5.57. The number of hydrogen-bond donors (Lipinski definition) is 0. The quantitative estimate of drug-likeness (QED) is 0.0910. The average molecular weight is 1410 g/mol. The Morgan fingerprint density at radius 1 is 0.500 bits per heavy atom. The summed E-state index contributed by atoms with van der Waals surface area (Å²) in [5, 5.41) is 0. The van der Waals surface area contributed by atoms with Gasteiger partial charge in [-0.25, -0.2) is 32.5 Å². The van der Waals surface area contributed by atoms with Crippen LogP contribution < -0.4 is 18.9 Å². The number of hydrogen-bond acceptors (Lipinski definition) is 16. The molecule has 12 rings (SSSR count). The van der Waals surface area contributed by atoms with Crippen molar-refractivity contribution in [3.05, 3.63) is 47.8 Å². The summed E-state index contributed by atoms with van der Waals surface area (Å²) in [7, 11) is 3.01. The summed E-state index contributed by atoms with van der Waals surface area (Å²) < 4.78 is 99.5. The van der Waals surface area contributed by atoms with Gasteiger partial charge >= 0.3 is 11.9 Å². The normalized spacial score (nSPS) is 30.6. The zero-order valence-electron chi connectivity index (χ0n) is 56.2. The van der Waals surface area contributed by atoms with Gasteiger partial charge in [0, 0.05) is 62.1 Å². The van der Waals surface area contributed by atoms with Gasteiger partial charge in [0.15, 0.2) is 11.4 Å². The minimum Gasteiger partial charge on any atom is -0.540 e. The van der Waals surface area contributed by atoms with Crippen LogP contribution in [0.5, 0.6) is 23.3 Å². The number of methoxy groups -OCH3 is 2. The molecular weight excluding hydrogens is 1320 g/mol. The Morgan fingerprint density at radius 2 is 0.906 bits per heavy atom. The molecule has 522 valence electrons. The molecule has 6 heterocycles. The molecule has 8 aliphatic rings. The molecule has 4 saturated carbocycles. The number of nitrogens with zero attached hydrogens (tertiary/aromatic N) is 6. The van der Waals surface area contributed by atoms with Crippen LogP contribution in [0.25, 0.3) is 22.1 Å². The number of aromatic nitrogens is 4. The number of rotatable bonds is 8. The number of esters is 2. The van der Waals surface area contributed by atoms with Crippen LogP contribution in [0, 0.1) is 46.3 Å². The molecule has 0 spiro atoms. The van der Waals surface area contributed by atoms with E-state index in [4.69, 9.17) is 28.4 Å². The van der Waals surface area contributed by atoms with E-state index in [1.54, 1.807) is 36.4 Å². The summed E-state index contributed by atoms with van der Waals surface area (Å²) in [6.45, 7) is 7.82. The molecule has 24 heteroatoms. The van der Waals surface area contributed by atoms with Gasteiger partial charge in [-0.1, -0.05) is 104 Å². The number of benzene rings is 2. The largest absolute Gasteiger partial charge is 0.540 e. The first-order valence-electron chi connectivity index (χ1n) is 34.7. The fraction of sp³-hybridized carbons (Fsp3) is 0.694. The van der Waals surface area contributed by atoms with Crippen molar-refractivity contribution in [1.82, 2.24) is 29.7 Å². The van der Waals surface area contributed by atoms with Gasteiger partial charge in [-0.2, -0.15) is 17.6 Å². The van der Waals surface area contributed by atoms with E-state index in [9.17, 15) is 28.8 Å². The Labute approximate surface area is 584 Å². The zero-order chi connectivity index (χ0) is 66.7. The number of carbonyl (C=O) groups excluding carboxylic acids is 6. The number of ether oxygens (including phenoxy) is 6. The number of halogens is 4. The van der Waals surface area contributed by atoms with E-state index in [2.05, 4.69) is 46.4 Å². The van der Waals surface area contributed by atoms with Gasteiger partial charge < -0.3 is 47.8 Å². The van der Waals surface area contributed by atoms with Crippen LogP contribution in [0.1, 0.15) is 206 Å². The molecular formula is C72H92F4N6O12V2-2. The molecule has 2 aromatic carbocycles. The second kappa shape index (κ2) is 31.7. The summed E-state index contributed by atoms with van der Waals surface area (Å²) in [6, 6.07) is 7.79. The Balaban J connectivity index is 0.000000221. The molecule has 96 heavy (non-hydrogen) atoms. The minimum absolute atomic E-state index is 0. The first kappa shape index (κ1) is 74.6. The van der Waals surface area contributed by atoms with Gasteiger partial charge in [0.25, 0.3) is 11.8 Å². The van der Waals surface area contributed by atoms with E-state index in [1.807, 2.05) is 13.8 Å². The van der Waals surface area contributed by atoms with Crippen molar-refractivity contribution in [1.29, 1.82) is 0 Å². The number of amides is 2. The Morgan fingerprint density at radius 3 is 1.32 bits per heavy atom. The molecule has 2 aromatic heterocycles. The van der Waals surface area contributed by atoms with E-state index in [-0.39, 0.29) is 135 Å². The molecule has 4 bridgehead atoms. The molecule has 4 aliphatic carbocycles. The van der Waals surface area contributed by atoms with Crippen molar-refractivity contribution in [2.45, 2.75) is 243 Å². The molecule has 4 aromatic rings. The maximum Gasteiger partial charge on any atom is 0.306 e. The molecule has 2 radical (unpaired) electrons. The summed E-state index contributed by atoms with van der Waals surface area (Å²) >= 11 is 0. The molecule has 12 atom stereocenters. The summed E-state index contributed by atoms with van der Waals surface area (Å²) in [6.07, 6.45) is 17.1. The van der Waals surface area contributed by atoms with Crippen molar-refractivity contribution in [3.8, 4) is 23.3 Å². The van der Waals surface area contributed by atoms with Crippen molar-refractivity contribution >= 4 is 58.4 Å². The first-order valence-corrected chi connectivity index (χ1v) is 34.7. The van der Waals surface area contributed by atoms with E-state index < -0.39 is 107 Å². The van der Waals surface area contributed by atoms with Gasteiger partial charge in [0.1, 0.15) is 35.9 Å². The third-order valence-electron chi connectivity index (χ3n) is 22.5. The smallest absolute Gasteiger partial charge is 0.306 e. The van der Waals surface area contributed by atoms with E-state index in [1.165, 1.54) is 24.0 Å². The zero-order valence-corrected chi connectivity index (χ0v) is 59.0. The van der Waals surface area contributed by atoms with Crippen LogP contribution in [-0.2, 0) is 87.2 Å². The van der Waals surface area contributed by atoms with Crippen LogP contribution >= 0.6 is 0 Å². The van der Waals surface area contributed by atoms with E-state index in [0.29, 0.717) is 67.5 Å². The van der Waals surface area contributed by atoms with Crippen LogP contribution in [0.3, 0.4) is 0 Å². The fourth-order valence-electron chi connectivity index (χ4n) is 16.7. The molecule has 18 nitrogen and oxygen atoms in total. The molecule has 2 saturated heterocycles. The first-order chi connectivity index (χ1) is 45.1. The molecule has 2 amide bonds. The third-order valence-corrected chi connectivity index (χ3v) is 22.5. The predicted molar refractivity (Wildman–Crippen MR) is 339 cm³/mol. The Bertz CT molecular complexity index is 3410. The van der Waals surface area contributed by atoms with Gasteiger partial charge in [0.2, 0.25) is 23.6 Å². The summed E-state index contributed by atoms with van der Waals surface area (Å²) in [4.78, 5) is 102.